The Morgan fingerprint density at radius 1 is 1.00 bits per heavy atom. The lowest BCUT2D eigenvalue weighted by Crippen LogP contribution is -2.42. The molecular formula is C19H24F2N6. The monoisotopic (exact) mass is 374 g/mol. The van der Waals surface area contributed by atoms with Crippen LogP contribution in [0.25, 0.3) is 0 Å². The van der Waals surface area contributed by atoms with Gasteiger partial charge >= 0.3 is 0 Å². The van der Waals surface area contributed by atoms with Crippen molar-refractivity contribution >= 4 is 5.95 Å². The molecule has 27 heavy (non-hydrogen) atoms. The molecule has 2 fully saturated rings. The Balaban J connectivity index is 1.66. The molecule has 4 rings (SSSR count). The summed E-state index contributed by atoms with van der Waals surface area (Å²) < 4.78 is 27.9. The van der Waals surface area contributed by atoms with Gasteiger partial charge in [-0.3, -0.25) is 0 Å². The van der Waals surface area contributed by atoms with Gasteiger partial charge in [0.2, 0.25) is 5.95 Å². The van der Waals surface area contributed by atoms with E-state index in [1.165, 1.54) is 6.20 Å². The van der Waals surface area contributed by atoms with Crippen LogP contribution in [0.4, 0.5) is 14.7 Å². The summed E-state index contributed by atoms with van der Waals surface area (Å²) >= 11 is 0. The van der Waals surface area contributed by atoms with Crippen LogP contribution in [0.5, 0.6) is 0 Å². The van der Waals surface area contributed by atoms with E-state index in [9.17, 15) is 8.78 Å². The van der Waals surface area contributed by atoms with Crippen LogP contribution in [0.15, 0.2) is 18.6 Å². The maximum Gasteiger partial charge on any atom is 0.226 e. The fourth-order valence-electron chi connectivity index (χ4n) is 4.40. The number of nitrogens with one attached hydrogen (secondary N) is 1. The van der Waals surface area contributed by atoms with Gasteiger partial charge in [0.25, 0.3) is 0 Å². The summed E-state index contributed by atoms with van der Waals surface area (Å²) in [5, 5.41) is 3.41. The van der Waals surface area contributed by atoms with Crippen LogP contribution in [0, 0.1) is 30.4 Å². The van der Waals surface area contributed by atoms with Gasteiger partial charge in [0.15, 0.2) is 11.6 Å². The van der Waals surface area contributed by atoms with Crippen molar-refractivity contribution in [2.75, 3.05) is 24.5 Å². The summed E-state index contributed by atoms with van der Waals surface area (Å²) in [5.74, 6) is 1.20. The molecule has 2 aliphatic heterocycles. The van der Waals surface area contributed by atoms with E-state index >= 15 is 0 Å². The highest BCUT2D eigenvalue weighted by atomic mass is 19.1. The second kappa shape index (κ2) is 7.80. The molecule has 0 bridgehead atoms. The van der Waals surface area contributed by atoms with Gasteiger partial charge in [-0.1, -0.05) is 0 Å². The summed E-state index contributed by atoms with van der Waals surface area (Å²) in [7, 11) is 0. The summed E-state index contributed by atoms with van der Waals surface area (Å²) in [4.78, 5) is 18.6. The molecule has 1 N–H and O–H groups in total. The van der Waals surface area contributed by atoms with Crippen molar-refractivity contribution in [2.24, 2.45) is 11.8 Å². The van der Waals surface area contributed by atoms with E-state index in [4.69, 9.17) is 0 Å². The van der Waals surface area contributed by atoms with E-state index in [2.05, 4.69) is 25.3 Å². The van der Waals surface area contributed by atoms with E-state index in [1.54, 1.807) is 6.92 Å². The van der Waals surface area contributed by atoms with Crippen LogP contribution in [0.3, 0.4) is 0 Å². The third-order valence-corrected chi connectivity index (χ3v) is 5.76. The van der Waals surface area contributed by atoms with Gasteiger partial charge in [-0.05, 0) is 57.5 Å². The first-order chi connectivity index (χ1) is 13.1. The Kier molecular flexibility index (Phi) is 5.24. The normalized spacial score (nSPS) is 24.2. The fraction of sp³-hybridized carbons (Fsp3) is 0.579. The third kappa shape index (κ3) is 3.90. The van der Waals surface area contributed by atoms with Crippen molar-refractivity contribution in [1.82, 2.24) is 25.3 Å². The first kappa shape index (κ1) is 18.2. The van der Waals surface area contributed by atoms with Crippen molar-refractivity contribution in [3.63, 3.8) is 0 Å². The molecule has 2 aromatic rings. The van der Waals surface area contributed by atoms with Crippen LogP contribution in [-0.4, -0.2) is 39.6 Å². The van der Waals surface area contributed by atoms with E-state index in [-0.39, 0.29) is 6.04 Å². The van der Waals surface area contributed by atoms with Crippen LogP contribution in [-0.2, 0) is 0 Å². The van der Waals surface area contributed by atoms with Crippen molar-refractivity contribution in [3.8, 4) is 0 Å². The molecule has 144 valence electrons. The minimum Gasteiger partial charge on any atom is -0.332 e. The highest BCUT2D eigenvalue weighted by Gasteiger charge is 2.37. The van der Waals surface area contributed by atoms with Crippen LogP contribution < -0.4 is 10.2 Å². The molecule has 2 aliphatic rings. The predicted octanol–water partition coefficient (Wildman–Crippen LogP) is 2.81. The SMILES string of the molecule is Cc1ncc(F)c([C@H]2CC(C3CCNCC3)CCN2c2ncc(F)cn2)n1. The standard InChI is InChI=1S/C19H24F2N6/c1-12-23-11-16(21)18(26-12)17-8-14(13-2-5-22-6-3-13)4-7-27(17)19-24-9-15(20)10-25-19/h9-11,13-14,17,22H,2-8H2,1H3/t14?,17-/m1/s1. The number of halogens is 2. The van der Waals surface area contributed by atoms with Crippen molar-refractivity contribution in [2.45, 2.75) is 38.6 Å². The third-order valence-electron chi connectivity index (χ3n) is 5.76. The molecule has 4 heterocycles. The average molecular weight is 374 g/mol. The minimum atomic E-state index is -0.482. The number of aryl methyl sites for hydroxylation is 1. The van der Waals surface area contributed by atoms with Gasteiger partial charge in [0.1, 0.15) is 11.5 Å². The Bertz CT molecular complexity index is 778. The number of hydrogen-bond acceptors (Lipinski definition) is 6. The van der Waals surface area contributed by atoms with Gasteiger partial charge < -0.3 is 10.2 Å². The summed E-state index contributed by atoms with van der Waals surface area (Å²) in [5.41, 5.74) is 0.383. The van der Waals surface area contributed by atoms with Crippen molar-refractivity contribution in [3.05, 3.63) is 41.7 Å². The smallest absolute Gasteiger partial charge is 0.226 e. The summed E-state index contributed by atoms with van der Waals surface area (Å²) in [6.45, 7) is 4.54. The lowest BCUT2D eigenvalue weighted by Gasteiger charge is -2.42. The Morgan fingerprint density at radius 3 is 2.48 bits per heavy atom. The van der Waals surface area contributed by atoms with Crippen LogP contribution in [0.2, 0.25) is 0 Å². The van der Waals surface area contributed by atoms with Gasteiger partial charge in [0, 0.05) is 6.54 Å². The van der Waals surface area contributed by atoms with Gasteiger partial charge in [-0.2, -0.15) is 0 Å². The minimum absolute atomic E-state index is 0.272. The first-order valence-electron chi connectivity index (χ1n) is 9.56. The molecule has 0 spiro atoms. The maximum atomic E-state index is 14.6. The predicted molar refractivity (Wildman–Crippen MR) is 97.1 cm³/mol. The second-order valence-corrected chi connectivity index (χ2v) is 7.43. The Labute approximate surface area is 157 Å². The molecule has 0 radical (unpaired) electrons. The van der Waals surface area contributed by atoms with Crippen LogP contribution >= 0.6 is 0 Å². The zero-order chi connectivity index (χ0) is 18.8. The maximum absolute atomic E-state index is 14.6. The van der Waals surface area contributed by atoms with Crippen molar-refractivity contribution in [1.29, 1.82) is 0 Å². The van der Waals surface area contributed by atoms with Gasteiger partial charge in [-0.15, -0.1) is 0 Å². The van der Waals surface area contributed by atoms with Gasteiger partial charge in [0.05, 0.1) is 24.6 Å². The zero-order valence-electron chi connectivity index (χ0n) is 15.4. The highest BCUT2D eigenvalue weighted by Crippen LogP contribution is 2.41. The molecule has 8 heteroatoms. The highest BCUT2D eigenvalue weighted by molar-refractivity contribution is 5.35. The van der Waals surface area contributed by atoms with E-state index in [0.29, 0.717) is 35.8 Å². The Morgan fingerprint density at radius 2 is 1.74 bits per heavy atom. The number of rotatable bonds is 3. The first-order valence-corrected chi connectivity index (χ1v) is 9.56. The lowest BCUT2D eigenvalue weighted by molar-refractivity contribution is 0.196. The van der Waals surface area contributed by atoms with E-state index in [0.717, 1.165) is 51.2 Å². The summed E-state index contributed by atoms with van der Waals surface area (Å²) in [6, 6.07) is -0.272. The molecule has 1 unspecified atom stereocenters. The molecule has 0 amide bonds. The topological polar surface area (TPSA) is 66.8 Å². The molecule has 2 saturated heterocycles. The average Bonchev–Trinajstić information content (AvgIpc) is 2.71. The second-order valence-electron chi connectivity index (χ2n) is 7.43. The zero-order valence-corrected chi connectivity index (χ0v) is 15.4. The number of anilines is 1. The van der Waals surface area contributed by atoms with Crippen molar-refractivity contribution < 1.29 is 8.78 Å². The van der Waals surface area contributed by atoms with E-state index < -0.39 is 11.6 Å². The molecule has 0 aliphatic carbocycles. The molecule has 2 atom stereocenters. The molecule has 6 nitrogen and oxygen atoms in total. The molecular weight excluding hydrogens is 350 g/mol. The van der Waals surface area contributed by atoms with E-state index in [1.807, 2.05) is 4.90 Å². The van der Waals surface area contributed by atoms with Crippen LogP contribution in [0.1, 0.15) is 43.2 Å². The summed E-state index contributed by atoms with van der Waals surface area (Å²) in [6.07, 6.45) is 7.62. The van der Waals surface area contributed by atoms with Gasteiger partial charge in [-0.25, -0.2) is 28.7 Å². The number of hydrogen-bond donors (Lipinski definition) is 1. The fourth-order valence-corrected chi connectivity index (χ4v) is 4.40. The largest absolute Gasteiger partial charge is 0.332 e. The number of aromatic nitrogens is 4. The number of piperidine rings is 2. The quantitative estimate of drug-likeness (QED) is 0.891. The Hall–Kier alpha value is -2.22. The lowest BCUT2D eigenvalue weighted by atomic mass is 9.76. The molecule has 0 aromatic carbocycles. The number of nitrogens with zero attached hydrogens (tertiary/aromatic N) is 5. The molecule has 2 aromatic heterocycles. The molecule has 0 saturated carbocycles.